The van der Waals surface area contributed by atoms with E-state index in [4.69, 9.17) is 0 Å². The molecule has 3 nitrogen and oxygen atoms in total. The molecule has 0 aromatic heterocycles. The van der Waals surface area contributed by atoms with Crippen LogP contribution in [0.3, 0.4) is 0 Å². The molecule has 98 valence electrons. The number of hydrogen-bond acceptors (Lipinski definition) is 3. The van der Waals surface area contributed by atoms with Crippen molar-refractivity contribution in [2.24, 2.45) is 11.8 Å². The summed E-state index contributed by atoms with van der Waals surface area (Å²) in [5.74, 6) is 0.257. The van der Waals surface area contributed by atoms with Gasteiger partial charge in [0.2, 0.25) is 0 Å². The van der Waals surface area contributed by atoms with E-state index in [1.54, 1.807) is 0 Å². The van der Waals surface area contributed by atoms with Crippen LogP contribution in [0.5, 0.6) is 5.75 Å². The molecular weight excluding hydrogens is 233 g/mol. The van der Waals surface area contributed by atoms with Crippen LogP contribution in [-0.2, 0) is 0 Å². The Morgan fingerprint density at radius 1 is 1.39 bits per heavy atom. The van der Waals surface area contributed by atoms with E-state index in [0.717, 1.165) is 25.2 Å². The molecule has 0 bridgehead atoms. The summed E-state index contributed by atoms with van der Waals surface area (Å²) in [4.78, 5) is 14.1. The summed E-state index contributed by atoms with van der Waals surface area (Å²) >= 11 is 0. The molecule has 0 radical (unpaired) electrons. The Kier molecular flexibility index (Phi) is 3.66. The lowest BCUT2D eigenvalue weighted by atomic mass is 10.0. The van der Waals surface area contributed by atoms with Gasteiger partial charge in [-0.3, -0.25) is 9.69 Å². The van der Waals surface area contributed by atoms with Crippen LogP contribution in [0.25, 0.3) is 0 Å². The minimum Gasteiger partial charge on any atom is -0.507 e. The minimum atomic E-state index is -0.501. The normalized spacial score (nSPS) is 24.4. The lowest BCUT2D eigenvalue weighted by molar-refractivity contribution is 0.0939. The van der Waals surface area contributed by atoms with Crippen LogP contribution in [0.1, 0.15) is 24.2 Å². The van der Waals surface area contributed by atoms with Gasteiger partial charge >= 0.3 is 0 Å². The maximum absolute atomic E-state index is 13.1. The van der Waals surface area contributed by atoms with Crippen molar-refractivity contribution in [1.29, 1.82) is 0 Å². The van der Waals surface area contributed by atoms with Gasteiger partial charge < -0.3 is 5.11 Å². The van der Waals surface area contributed by atoms with Crippen LogP contribution in [-0.4, -0.2) is 35.4 Å². The number of carbonyl (C=O) groups is 1. The van der Waals surface area contributed by atoms with Crippen LogP contribution in [0.2, 0.25) is 0 Å². The molecule has 0 amide bonds. The smallest absolute Gasteiger partial charge is 0.180 e. The summed E-state index contributed by atoms with van der Waals surface area (Å²) in [6.45, 7) is 6.32. The zero-order chi connectivity index (χ0) is 13.3. The molecule has 1 aromatic rings. The lowest BCUT2D eigenvalue weighted by Gasteiger charge is -2.14. The highest BCUT2D eigenvalue weighted by molar-refractivity contribution is 6.00. The summed E-state index contributed by atoms with van der Waals surface area (Å²) in [7, 11) is 0. The van der Waals surface area contributed by atoms with Crippen LogP contribution < -0.4 is 0 Å². The number of halogens is 1. The quantitative estimate of drug-likeness (QED) is 0.838. The summed E-state index contributed by atoms with van der Waals surface area (Å²) in [6.07, 6.45) is 0. The predicted molar refractivity (Wildman–Crippen MR) is 67.2 cm³/mol. The van der Waals surface area contributed by atoms with Crippen LogP contribution >= 0.6 is 0 Å². The Labute approximate surface area is 106 Å². The van der Waals surface area contributed by atoms with Gasteiger partial charge in [0.15, 0.2) is 5.78 Å². The van der Waals surface area contributed by atoms with Crippen LogP contribution in [0, 0.1) is 17.7 Å². The Morgan fingerprint density at radius 3 is 2.61 bits per heavy atom. The van der Waals surface area contributed by atoms with Crippen molar-refractivity contribution in [3.63, 3.8) is 0 Å². The molecule has 2 rings (SSSR count). The van der Waals surface area contributed by atoms with Crippen LogP contribution in [0.4, 0.5) is 4.39 Å². The lowest BCUT2D eigenvalue weighted by Crippen LogP contribution is -2.28. The van der Waals surface area contributed by atoms with Gasteiger partial charge in [0.05, 0.1) is 12.1 Å². The third kappa shape index (κ3) is 2.70. The van der Waals surface area contributed by atoms with Crippen molar-refractivity contribution in [1.82, 2.24) is 4.90 Å². The van der Waals surface area contributed by atoms with Gasteiger partial charge in [0, 0.05) is 13.1 Å². The van der Waals surface area contributed by atoms with Gasteiger partial charge in [-0.05, 0) is 30.0 Å². The highest BCUT2D eigenvalue weighted by Gasteiger charge is 2.27. The Hall–Kier alpha value is -1.42. The number of benzene rings is 1. The van der Waals surface area contributed by atoms with Crippen LogP contribution in [0.15, 0.2) is 18.2 Å². The molecule has 1 aliphatic heterocycles. The minimum absolute atomic E-state index is 0.0715. The molecule has 1 N–H and O–H groups in total. The number of likely N-dealkylation sites (tertiary alicyclic amines) is 1. The van der Waals surface area contributed by atoms with Crippen molar-refractivity contribution in [2.75, 3.05) is 19.6 Å². The van der Waals surface area contributed by atoms with E-state index >= 15 is 0 Å². The molecule has 0 saturated carbocycles. The molecule has 1 fully saturated rings. The molecule has 1 aromatic carbocycles. The van der Waals surface area contributed by atoms with E-state index in [0.29, 0.717) is 11.8 Å². The third-order valence-corrected chi connectivity index (χ3v) is 3.69. The zero-order valence-electron chi connectivity index (χ0n) is 10.7. The van der Waals surface area contributed by atoms with E-state index in [9.17, 15) is 14.3 Å². The number of rotatable bonds is 3. The van der Waals surface area contributed by atoms with E-state index in [1.165, 1.54) is 6.07 Å². The first-order valence-corrected chi connectivity index (χ1v) is 6.21. The number of hydrogen-bond donors (Lipinski definition) is 1. The molecule has 1 saturated heterocycles. The molecule has 2 unspecified atom stereocenters. The Bertz CT molecular complexity index is 451. The van der Waals surface area contributed by atoms with E-state index in [1.807, 2.05) is 0 Å². The summed E-state index contributed by atoms with van der Waals surface area (Å²) in [5, 5.41) is 9.58. The highest BCUT2D eigenvalue weighted by atomic mass is 19.1. The molecule has 18 heavy (non-hydrogen) atoms. The molecule has 1 heterocycles. The zero-order valence-corrected chi connectivity index (χ0v) is 10.7. The number of carbonyl (C=O) groups excluding carboxylic acids is 1. The molecule has 1 aliphatic rings. The fourth-order valence-corrected chi connectivity index (χ4v) is 2.40. The first-order valence-electron chi connectivity index (χ1n) is 6.21. The summed E-state index contributed by atoms with van der Waals surface area (Å²) in [6, 6.07) is 3.46. The third-order valence-electron chi connectivity index (χ3n) is 3.69. The molecule has 0 spiro atoms. The number of nitrogens with zero attached hydrogens (tertiary/aromatic N) is 1. The second-order valence-electron chi connectivity index (χ2n) is 5.23. The van der Waals surface area contributed by atoms with E-state index < -0.39 is 5.82 Å². The fraction of sp³-hybridized carbons (Fsp3) is 0.500. The average Bonchev–Trinajstić information content (AvgIpc) is 2.61. The van der Waals surface area contributed by atoms with Crippen molar-refractivity contribution >= 4 is 5.78 Å². The van der Waals surface area contributed by atoms with Crippen molar-refractivity contribution < 1.29 is 14.3 Å². The van der Waals surface area contributed by atoms with Gasteiger partial charge in [-0.2, -0.15) is 0 Å². The first-order chi connectivity index (χ1) is 8.47. The molecular formula is C14H18FNO2. The Morgan fingerprint density at radius 2 is 2.00 bits per heavy atom. The van der Waals surface area contributed by atoms with Gasteiger partial charge in [-0.1, -0.05) is 13.8 Å². The Balaban J connectivity index is 2.06. The van der Waals surface area contributed by atoms with Gasteiger partial charge in [-0.25, -0.2) is 4.39 Å². The number of Topliss-reactive ketones (excluding diaryl/α,β-unsaturated/α-hetero) is 1. The maximum Gasteiger partial charge on any atom is 0.180 e. The highest BCUT2D eigenvalue weighted by Crippen LogP contribution is 2.24. The SMILES string of the molecule is CC1CN(CC(=O)c2cc(F)ccc2O)CC1C. The molecule has 0 aliphatic carbocycles. The fourth-order valence-electron chi connectivity index (χ4n) is 2.40. The average molecular weight is 251 g/mol. The second-order valence-corrected chi connectivity index (χ2v) is 5.23. The van der Waals surface area contributed by atoms with Crippen molar-refractivity contribution in [3.8, 4) is 5.75 Å². The number of phenolic OH excluding ortho intramolecular Hbond substituents is 1. The van der Waals surface area contributed by atoms with E-state index in [2.05, 4.69) is 18.7 Å². The second kappa shape index (κ2) is 5.06. The van der Waals surface area contributed by atoms with Gasteiger partial charge in [0.25, 0.3) is 0 Å². The first kappa shape index (κ1) is 13.0. The maximum atomic E-state index is 13.1. The summed E-state index contributed by atoms with van der Waals surface area (Å²) < 4.78 is 13.1. The van der Waals surface area contributed by atoms with E-state index in [-0.39, 0.29) is 23.6 Å². The number of aromatic hydroxyl groups is 1. The van der Waals surface area contributed by atoms with Crippen molar-refractivity contribution in [2.45, 2.75) is 13.8 Å². The van der Waals surface area contributed by atoms with Gasteiger partial charge in [-0.15, -0.1) is 0 Å². The monoisotopic (exact) mass is 251 g/mol. The topological polar surface area (TPSA) is 40.5 Å². The predicted octanol–water partition coefficient (Wildman–Crippen LogP) is 2.30. The van der Waals surface area contributed by atoms with Gasteiger partial charge in [0.1, 0.15) is 11.6 Å². The molecule has 2 atom stereocenters. The number of phenols is 1. The summed E-state index contributed by atoms with van der Waals surface area (Å²) in [5.41, 5.74) is 0.0715. The van der Waals surface area contributed by atoms with Crippen molar-refractivity contribution in [3.05, 3.63) is 29.6 Å². The molecule has 4 heteroatoms. The largest absolute Gasteiger partial charge is 0.507 e. The standard InChI is InChI=1S/C14H18FNO2/c1-9-6-16(7-10(9)2)8-14(18)12-5-11(15)3-4-13(12)17/h3-5,9-10,17H,6-8H2,1-2H3. The number of ketones is 1.